The number of likely N-dealkylation sites (tertiary alicyclic amines) is 1. The van der Waals surface area contributed by atoms with Crippen molar-refractivity contribution in [3.05, 3.63) is 29.6 Å². The van der Waals surface area contributed by atoms with Gasteiger partial charge in [0.2, 0.25) is 5.82 Å². The van der Waals surface area contributed by atoms with Crippen LogP contribution in [-0.4, -0.2) is 39.9 Å². The molecule has 3 N–H and O–H groups in total. The summed E-state index contributed by atoms with van der Waals surface area (Å²) in [5.74, 6) is -1.25. The Morgan fingerprint density at radius 3 is 2.83 bits per heavy atom. The van der Waals surface area contributed by atoms with E-state index in [0.717, 1.165) is 19.3 Å². The normalized spacial score (nSPS) is 19.8. The molecule has 5 nitrogen and oxygen atoms in total. The predicted molar refractivity (Wildman–Crippen MR) is 78.8 cm³/mol. The minimum atomic E-state index is -4.54. The number of nitrogens with zero attached hydrogens (tertiary/aromatic N) is 2. The second-order valence-corrected chi connectivity index (χ2v) is 5.80. The number of fused-ring (bicyclic) bond motifs is 1. The first kappa shape index (κ1) is 15.8. The van der Waals surface area contributed by atoms with Crippen LogP contribution in [0.5, 0.6) is 0 Å². The molecule has 0 bridgehead atoms. The smallest absolute Gasteiger partial charge is 0.339 e. The number of amides is 1. The average molecular weight is 326 g/mol. The van der Waals surface area contributed by atoms with Gasteiger partial charge in [0.05, 0.1) is 11.0 Å². The third-order valence-corrected chi connectivity index (χ3v) is 4.06. The van der Waals surface area contributed by atoms with E-state index in [4.69, 9.17) is 5.73 Å². The molecular weight excluding hydrogens is 309 g/mol. The maximum atomic E-state index is 12.7. The topological polar surface area (TPSA) is 75.0 Å². The van der Waals surface area contributed by atoms with E-state index in [1.807, 2.05) is 0 Å². The van der Waals surface area contributed by atoms with Crippen molar-refractivity contribution in [3.63, 3.8) is 0 Å². The summed E-state index contributed by atoms with van der Waals surface area (Å²) in [7, 11) is 0. The van der Waals surface area contributed by atoms with Crippen molar-refractivity contribution in [3.8, 4) is 0 Å². The first-order valence-electron chi connectivity index (χ1n) is 7.46. The number of hydrogen-bond acceptors (Lipinski definition) is 3. The lowest BCUT2D eigenvalue weighted by Crippen LogP contribution is -2.32. The van der Waals surface area contributed by atoms with Gasteiger partial charge in [0.25, 0.3) is 5.91 Å². The number of H-pyrrole nitrogens is 1. The molecule has 1 aromatic heterocycles. The summed E-state index contributed by atoms with van der Waals surface area (Å²) in [6.45, 7) is 1.18. The maximum Gasteiger partial charge on any atom is 0.449 e. The minimum Gasteiger partial charge on any atom is -0.339 e. The zero-order valence-corrected chi connectivity index (χ0v) is 12.4. The number of halogens is 3. The van der Waals surface area contributed by atoms with Crippen LogP contribution in [0.25, 0.3) is 11.0 Å². The van der Waals surface area contributed by atoms with Gasteiger partial charge in [-0.05, 0) is 37.5 Å². The fourth-order valence-corrected chi connectivity index (χ4v) is 2.78. The van der Waals surface area contributed by atoms with Gasteiger partial charge in [-0.3, -0.25) is 4.79 Å². The molecule has 124 valence electrons. The summed E-state index contributed by atoms with van der Waals surface area (Å²) in [6.07, 6.45) is -2.10. The van der Waals surface area contributed by atoms with Crippen molar-refractivity contribution in [2.45, 2.75) is 31.5 Å². The number of alkyl halides is 3. The van der Waals surface area contributed by atoms with Crippen LogP contribution in [0, 0.1) is 0 Å². The lowest BCUT2D eigenvalue weighted by molar-refractivity contribution is -0.144. The Hall–Kier alpha value is -2.09. The van der Waals surface area contributed by atoms with E-state index in [-0.39, 0.29) is 23.0 Å². The van der Waals surface area contributed by atoms with Crippen LogP contribution < -0.4 is 5.73 Å². The van der Waals surface area contributed by atoms with Crippen molar-refractivity contribution in [2.75, 3.05) is 13.1 Å². The Balaban J connectivity index is 1.86. The number of rotatable bonds is 1. The van der Waals surface area contributed by atoms with Crippen molar-refractivity contribution >= 4 is 16.9 Å². The van der Waals surface area contributed by atoms with E-state index in [1.54, 1.807) is 4.90 Å². The van der Waals surface area contributed by atoms with Gasteiger partial charge < -0.3 is 15.6 Å². The van der Waals surface area contributed by atoms with Crippen LogP contribution in [-0.2, 0) is 6.18 Å². The molecule has 0 aliphatic carbocycles. The van der Waals surface area contributed by atoms with Gasteiger partial charge in [-0.15, -0.1) is 0 Å². The Morgan fingerprint density at radius 2 is 2.09 bits per heavy atom. The van der Waals surface area contributed by atoms with Crippen LogP contribution >= 0.6 is 0 Å². The summed E-state index contributed by atoms with van der Waals surface area (Å²) in [6, 6.07) is 4.45. The zero-order valence-electron chi connectivity index (χ0n) is 12.4. The second kappa shape index (κ2) is 5.84. The molecule has 1 saturated heterocycles. The van der Waals surface area contributed by atoms with Gasteiger partial charge >= 0.3 is 6.18 Å². The van der Waals surface area contributed by atoms with E-state index >= 15 is 0 Å². The number of aromatic nitrogens is 2. The Morgan fingerprint density at radius 1 is 1.30 bits per heavy atom. The first-order chi connectivity index (χ1) is 10.8. The van der Waals surface area contributed by atoms with Crippen LogP contribution in [0.2, 0.25) is 0 Å². The van der Waals surface area contributed by atoms with Crippen LogP contribution in [0.1, 0.15) is 35.4 Å². The third-order valence-electron chi connectivity index (χ3n) is 4.06. The monoisotopic (exact) mass is 326 g/mol. The van der Waals surface area contributed by atoms with Crippen LogP contribution in [0.15, 0.2) is 18.2 Å². The largest absolute Gasteiger partial charge is 0.449 e. The molecule has 1 aliphatic heterocycles. The SMILES string of the molecule is NC1CCCN(C(=O)c2ccc3nc(C(F)(F)F)[nH]c3c2)CC1. The number of benzene rings is 1. The standard InChI is InChI=1S/C15H17F3N4O/c16-15(17,18)14-20-11-4-3-9(8-12(11)21-14)13(23)22-6-1-2-10(19)5-7-22/h3-4,8,10H,1-2,5-7,19H2,(H,20,21). The van der Waals surface area contributed by atoms with Crippen molar-refractivity contribution in [1.29, 1.82) is 0 Å². The Kier molecular flexibility index (Phi) is 4.01. The van der Waals surface area contributed by atoms with Crippen molar-refractivity contribution < 1.29 is 18.0 Å². The van der Waals surface area contributed by atoms with E-state index in [0.29, 0.717) is 18.7 Å². The predicted octanol–water partition coefficient (Wildman–Crippen LogP) is 2.54. The summed E-state index contributed by atoms with van der Waals surface area (Å²) >= 11 is 0. The highest BCUT2D eigenvalue weighted by Crippen LogP contribution is 2.29. The molecule has 2 heterocycles. The first-order valence-corrected chi connectivity index (χ1v) is 7.46. The molecule has 1 unspecified atom stereocenters. The molecule has 1 aliphatic rings. The lowest BCUT2D eigenvalue weighted by atomic mass is 10.1. The van der Waals surface area contributed by atoms with Crippen molar-refractivity contribution in [1.82, 2.24) is 14.9 Å². The number of carbonyl (C=O) groups is 1. The highest BCUT2D eigenvalue weighted by molar-refractivity contribution is 5.97. The van der Waals surface area contributed by atoms with Gasteiger partial charge in [-0.1, -0.05) is 0 Å². The van der Waals surface area contributed by atoms with E-state index < -0.39 is 12.0 Å². The van der Waals surface area contributed by atoms with Crippen molar-refractivity contribution in [2.24, 2.45) is 5.73 Å². The van der Waals surface area contributed by atoms with E-state index in [9.17, 15) is 18.0 Å². The average Bonchev–Trinajstić information content (AvgIpc) is 2.82. The number of carbonyl (C=O) groups excluding carboxylic acids is 1. The molecule has 1 aromatic carbocycles. The van der Waals surface area contributed by atoms with Crippen LogP contribution in [0.3, 0.4) is 0 Å². The number of aromatic amines is 1. The fourth-order valence-electron chi connectivity index (χ4n) is 2.78. The number of imidazole rings is 1. The minimum absolute atomic E-state index is 0.0947. The quantitative estimate of drug-likeness (QED) is 0.845. The molecule has 23 heavy (non-hydrogen) atoms. The van der Waals surface area contributed by atoms with Gasteiger partial charge in [0.15, 0.2) is 0 Å². The number of nitrogens with two attached hydrogens (primary N) is 1. The molecule has 0 radical (unpaired) electrons. The van der Waals surface area contributed by atoms with E-state index in [2.05, 4.69) is 9.97 Å². The number of hydrogen-bond donors (Lipinski definition) is 2. The Labute approximate surface area is 130 Å². The molecule has 8 heteroatoms. The van der Waals surface area contributed by atoms with Crippen LogP contribution in [0.4, 0.5) is 13.2 Å². The number of nitrogens with one attached hydrogen (secondary N) is 1. The molecule has 0 saturated carbocycles. The molecule has 2 aromatic rings. The highest BCUT2D eigenvalue weighted by Gasteiger charge is 2.34. The zero-order chi connectivity index (χ0) is 16.6. The molecule has 3 rings (SSSR count). The maximum absolute atomic E-state index is 12.7. The van der Waals surface area contributed by atoms with Gasteiger partial charge in [0, 0.05) is 24.7 Å². The van der Waals surface area contributed by atoms with Gasteiger partial charge in [-0.25, -0.2) is 4.98 Å². The summed E-state index contributed by atoms with van der Waals surface area (Å²) < 4.78 is 38.0. The molecule has 1 atom stereocenters. The lowest BCUT2D eigenvalue weighted by Gasteiger charge is -2.20. The fraction of sp³-hybridized carbons (Fsp3) is 0.467. The highest BCUT2D eigenvalue weighted by atomic mass is 19.4. The van der Waals surface area contributed by atoms with Gasteiger partial charge in [0.1, 0.15) is 0 Å². The van der Waals surface area contributed by atoms with E-state index in [1.165, 1.54) is 18.2 Å². The molecular formula is C15H17F3N4O. The second-order valence-electron chi connectivity index (χ2n) is 5.80. The summed E-state index contributed by atoms with van der Waals surface area (Å²) in [4.78, 5) is 20.0. The Bertz CT molecular complexity index is 725. The summed E-state index contributed by atoms with van der Waals surface area (Å²) in [5.41, 5.74) is 6.64. The third kappa shape index (κ3) is 3.31. The summed E-state index contributed by atoms with van der Waals surface area (Å²) in [5, 5.41) is 0. The van der Waals surface area contributed by atoms with Gasteiger partial charge in [-0.2, -0.15) is 13.2 Å². The molecule has 1 amide bonds. The molecule has 1 fully saturated rings. The molecule has 0 spiro atoms.